The molecule has 0 amide bonds. The molecule has 0 saturated carbocycles. The summed E-state index contributed by atoms with van der Waals surface area (Å²) in [5, 5.41) is 0. The van der Waals surface area contributed by atoms with Gasteiger partial charge in [0.15, 0.2) is 0 Å². The predicted molar refractivity (Wildman–Crippen MR) is 84.4 cm³/mol. The molecule has 0 aromatic heterocycles. The van der Waals surface area contributed by atoms with Crippen LogP contribution < -0.4 is 0 Å². The summed E-state index contributed by atoms with van der Waals surface area (Å²) in [6.07, 6.45) is 3.69. The molecule has 1 aliphatic rings. The normalized spacial score (nSPS) is 15.6. The van der Waals surface area contributed by atoms with E-state index in [-0.39, 0.29) is 0 Å². The Balaban J connectivity index is 2.76. The van der Waals surface area contributed by atoms with Gasteiger partial charge >= 0.3 is 0 Å². The van der Waals surface area contributed by atoms with Gasteiger partial charge in [-0.2, -0.15) is 0 Å². The van der Waals surface area contributed by atoms with Crippen molar-refractivity contribution in [2.24, 2.45) is 0 Å². The van der Waals surface area contributed by atoms with Crippen molar-refractivity contribution in [3.8, 4) is 47.4 Å². The van der Waals surface area contributed by atoms with Gasteiger partial charge in [0.25, 0.3) is 0 Å². The van der Waals surface area contributed by atoms with Gasteiger partial charge in [-0.25, -0.2) is 0 Å². The van der Waals surface area contributed by atoms with Crippen LogP contribution in [0.15, 0.2) is 25.3 Å². The maximum atomic E-state index is 3.73. The Kier molecular flexibility index (Phi) is 8.28. The highest BCUT2D eigenvalue weighted by Crippen LogP contribution is 1.88. The van der Waals surface area contributed by atoms with Crippen LogP contribution in [-0.2, 0) is 0 Å². The first-order chi connectivity index (χ1) is 9.86. The second-order valence-electron chi connectivity index (χ2n) is 4.12. The number of nitrogens with zero attached hydrogens (tertiary/aromatic N) is 2. The predicted octanol–water partition coefficient (Wildman–Crippen LogP) is 0.990. The smallest absolute Gasteiger partial charge is 0.0623 e. The van der Waals surface area contributed by atoms with Crippen molar-refractivity contribution >= 4 is 0 Å². The molecule has 1 heterocycles. The minimum absolute atomic E-state index is 0.638. The zero-order valence-corrected chi connectivity index (χ0v) is 11.7. The third-order valence-electron chi connectivity index (χ3n) is 2.46. The van der Waals surface area contributed by atoms with E-state index in [1.807, 2.05) is 12.2 Å². The van der Waals surface area contributed by atoms with Gasteiger partial charge in [0.2, 0.25) is 0 Å². The van der Waals surface area contributed by atoms with Gasteiger partial charge < -0.3 is 0 Å². The summed E-state index contributed by atoms with van der Waals surface area (Å²) in [6.45, 7) is 11.5. The second-order valence-corrected chi connectivity index (χ2v) is 4.12. The Morgan fingerprint density at radius 2 is 0.950 bits per heavy atom. The largest absolute Gasteiger partial charge is 0.277 e. The van der Waals surface area contributed by atoms with Gasteiger partial charge in [0.1, 0.15) is 0 Å². The van der Waals surface area contributed by atoms with Crippen molar-refractivity contribution in [3.05, 3.63) is 25.3 Å². The molecule has 0 radical (unpaired) electrons. The highest BCUT2D eigenvalue weighted by molar-refractivity contribution is 5.29. The van der Waals surface area contributed by atoms with Crippen molar-refractivity contribution in [1.82, 2.24) is 9.80 Å². The minimum Gasteiger partial charge on any atom is -0.277 e. The highest BCUT2D eigenvalue weighted by atomic mass is 15.1. The van der Waals surface area contributed by atoms with Crippen molar-refractivity contribution in [1.29, 1.82) is 0 Å². The third-order valence-corrected chi connectivity index (χ3v) is 2.46. The molecule has 20 heavy (non-hydrogen) atoms. The lowest BCUT2D eigenvalue weighted by molar-refractivity contribution is 0.384. The quantitative estimate of drug-likeness (QED) is 0.551. The lowest BCUT2D eigenvalue weighted by Gasteiger charge is -2.13. The van der Waals surface area contributed by atoms with Crippen LogP contribution in [0.3, 0.4) is 0 Å². The lowest BCUT2D eigenvalue weighted by atomic mass is 10.4. The number of hydrogen-bond acceptors (Lipinski definition) is 2. The molecule has 2 heteroatoms. The monoisotopic (exact) mass is 262 g/mol. The summed E-state index contributed by atoms with van der Waals surface area (Å²) in [6, 6.07) is 0. The molecule has 0 aliphatic carbocycles. The fourth-order valence-corrected chi connectivity index (χ4v) is 1.52. The molecular weight excluding hydrogens is 244 g/mol. The fraction of sp³-hybridized carbons (Fsp3) is 0.333. The van der Waals surface area contributed by atoms with Gasteiger partial charge in [-0.05, 0) is 23.7 Å². The highest BCUT2D eigenvalue weighted by Gasteiger charge is 1.98. The summed E-state index contributed by atoms with van der Waals surface area (Å²) in [7, 11) is 0. The van der Waals surface area contributed by atoms with E-state index in [2.05, 4.69) is 70.3 Å². The first kappa shape index (κ1) is 15.7. The van der Waals surface area contributed by atoms with Gasteiger partial charge in [-0.3, -0.25) is 9.80 Å². The summed E-state index contributed by atoms with van der Waals surface area (Å²) >= 11 is 0. The average Bonchev–Trinajstić information content (AvgIpc) is 2.45. The molecule has 0 spiro atoms. The van der Waals surface area contributed by atoms with Crippen molar-refractivity contribution in [3.63, 3.8) is 0 Å². The van der Waals surface area contributed by atoms with Crippen LogP contribution in [0.4, 0.5) is 0 Å². The lowest BCUT2D eigenvalue weighted by Crippen LogP contribution is -2.25. The molecule has 1 aliphatic heterocycles. The zero-order chi connectivity index (χ0) is 14.5. The van der Waals surface area contributed by atoms with Crippen LogP contribution in [0.1, 0.15) is 0 Å². The summed E-state index contributed by atoms with van der Waals surface area (Å²) < 4.78 is 0. The van der Waals surface area contributed by atoms with E-state index in [4.69, 9.17) is 0 Å². The van der Waals surface area contributed by atoms with E-state index in [9.17, 15) is 0 Å². The van der Waals surface area contributed by atoms with Gasteiger partial charge in [0, 0.05) is 13.1 Å². The van der Waals surface area contributed by atoms with Crippen LogP contribution in [0.25, 0.3) is 0 Å². The van der Waals surface area contributed by atoms with Crippen molar-refractivity contribution in [2.75, 3.05) is 39.3 Å². The molecule has 0 N–H and O–H groups in total. The Labute approximate surface area is 122 Å². The first-order valence-electron chi connectivity index (χ1n) is 6.44. The topological polar surface area (TPSA) is 6.48 Å². The maximum Gasteiger partial charge on any atom is 0.0623 e. The molecule has 2 nitrogen and oxygen atoms in total. The van der Waals surface area contributed by atoms with Crippen molar-refractivity contribution < 1.29 is 0 Å². The van der Waals surface area contributed by atoms with Crippen LogP contribution in [0, 0.1) is 47.4 Å². The summed E-state index contributed by atoms with van der Waals surface area (Å²) in [5.74, 6) is 23.6. The standard InChI is InChI=1S/C18H18N2/c1-3-13-19-15-9-5-7-11-17-20(14-4-2)18-12-8-6-10-16-19/h3-4H,1-2,13-18H2. The minimum atomic E-state index is 0.638. The molecule has 0 fully saturated rings. The van der Waals surface area contributed by atoms with Crippen LogP contribution in [-0.4, -0.2) is 49.1 Å². The SMILES string of the molecule is C=CCN1CC#CC#CCN(CC=C)CC#CC#CC1. The van der Waals surface area contributed by atoms with Crippen molar-refractivity contribution in [2.45, 2.75) is 0 Å². The molecule has 0 bridgehead atoms. The van der Waals surface area contributed by atoms with Crippen LogP contribution in [0.5, 0.6) is 0 Å². The zero-order valence-electron chi connectivity index (χ0n) is 11.7. The molecule has 0 saturated heterocycles. The fourth-order valence-electron chi connectivity index (χ4n) is 1.52. The molecule has 0 aromatic rings. The summed E-state index contributed by atoms with van der Waals surface area (Å²) in [4.78, 5) is 4.18. The Hall–Kier alpha value is -2.36. The van der Waals surface area contributed by atoms with E-state index in [1.54, 1.807) is 0 Å². The van der Waals surface area contributed by atoms with E-state index in [0.717, 1.165) is 13.1 Å². The van der Waals surface area contributed by atoms with Crippen LogP contribution >= 0.6 is 0 Å². The second kappa shape index (κ2) is 10.6. The third kappa shape index (κ3) is 7.16. The van der Waals surface area contributed by atoms with Gasteiger partial charge in [-0.15, -0.1) is 13.2 Å². The van der Waals surface area contributed by atoms with E-state index in [0.29, 0.717) is 26.2 Å². The Bertz CT molecular complexity index is 472. The maximum absolute atomic E-state index is 3.73. The molecular formula is C18H18N2. The molecule has 0 unspecified atom stereocenters. The van der Waals surface area contributed by atoms with Crippen LogP contribution in [0.2, 0.25) is 0 Å². The molecule has 100 valence electrons. The van der Waals surface area contributed by atoms with E-state index >= 15 is 0 Å². The Morgan fingerprint density at radius 3 is 1.20 bits per heavy atom. The molecule has 0 aromatic carbocycles. The molecule has 0 atom stereocenters. The molecule has 1 rings (SSSR count). The van der Waals surface area contributed by atoms with Gasteiger partial charge in [-0.1, -0.05) is 35.8 Å². The summed E-state index contributed by atoms with van der Waals surface area (Å²) in [5.41, 5.74) is 0. The number of rotatable bonds is 4. The van der Waals surface area contributed by atoms with E-state index in [1.165, 1.54) is 0 Å². The number of hydrogen-bond donors (Lipinski definition) is 0. The average molecular weight is 262 g/mol. The first-order valence-corrected chi connectivity index (χ1v) is 6.44. The van der Waals surface area contributed by atoms with E-state index < -0.39 is 0 Å². The van der Waals surface area contributed by atoms with Gasteiger partial charge in [0.05, 0.1) is 26.2 Å². The Morgan fingerprint density at radius 1 is 0.650 bits per heavy atom.